The normalized spacial score (nSPS) is 11.7. The zero-order valence-corrected chi connectivity index (χ0v) is 19.3. The first-order valence-corrected chi connectivity index (χ1v) is 11.1. The number of aryl methyl sites for hydroxylation is 1. The molecule has 0 saturated heterocycles. The zero-order chi connectivity index (χ0) is 23.3. The van der Waals surface area contributed by atoms with Gasteiger partial charge in [0.05, 0.1) is 36.0 Å². The van der Waals surface area contributed by atoms with Crippen molar-refractivity contribution in [1.82, 2.24) is 24.1 Å². The summed E-state index contributed by atoms with van der Waals surface area (Å²) in [6, 6.07) is 13.5. The Hall–Kier alpha value is -4.03. The second-order valence-corrected chi connectivity index (χ2v) is 9.19. The summed E-state index contributed by atoms with van der Waals surface area (Å²) in [5.74, 6) is 0.528. The lowest BCUT2D eigenvalue weighted by atomic mass is 9.86. The topological polar surface area (TPSA) is 98.6 Å². The van der Waals surface area contributed by atoms with E-state index in [0.717, 1.165) is 21.0 Å². The summed E-state index contributed by atoms with van der Waals surface area (Å²) in [5, 5.41) is 10.2. The third-order valence-corrected chi connectivity index (χ3v) is 6.78. The maximum atomic E-state index is 13.2. The van der Waals surface area contributed by atoms with Gasteiger partial charge in [-0.3, -0.25) is 9.13 Å². The molecular weight excluding hydrogens is 436 g/mol. The fourth-order valence-electron chi connectivity index (χ4n) is 3.75. The minimum Gasteiger partial charge on any atom is -0.481 e. The summed E-state index contributed by atoms with van der Waals surface area (Å²) in [6.07, 6.45) is 3.42. The summed E-state index contributed by atoms with van der Waals surface area (Å²) in [5.41, 5.74) is 3.68. The monoisotopic (exact) mass is 456 g/mol. The number of nitriles is 1. The van der Waals surface area contributed by atoms with E-state index in [4.69, 9.17) is 9.72 Å². The van der Waals surface area contributed by atoms with Gasteiger partial charge in [-0.25, -0.2) is 19.7 Å². The van der Waals surface area contributed by atoms with Gasteiger partial charge in [-0.15, -0.1) is 0 Å². The highest BCUT2D eigenvalue weighted by Crippen LogP contribution is 2.33. The van der Waals surface area contributed by atoms with Crippen molar-refractivity contribution in [2.24, 2.45) is 7.05 Å². The number of pyridine rings is 2. The quantitative estimate of drug-likeness (QED) is 0.402. The Balaban J connectivity index is 1.72. The summed E-state index contributed by atoms with van der Waals surface area (Å²) >= 11 is 1.44. The SMILES string of the molecule is COc1ccc(-c2nc3c(ncc4c3n(-c3ccc(C(C)(C)C#N)cc3)c(=O)n4C)s2)cn1. The maximum absolute atomic E-state index is 13.2. The Labute approximate surface area is 193 Å². The number of hydrogen-bond acceptors (Lipinski definition) is 7. The number of fused-ring (bicyclic) bond motifs is 3. The molecule has 0 unspecified atom stereocenters. The minimum absolute atomic E-state index is 0.188. The molecular formula is C24H20N6O2S. The van der Waals surface area contributed by atoms with Crippen LogP contribution in [0.4, 0.5) is 0 Å². The van der Waals surface area contributed by atoms with Crippen molar-refractivity contribution in [2.45, 2.75) is 19.3 Å². The summed E-state index contributed by atoms with van der Waals surface area (Å²) < 4.78 is 8.36. The van der Waals surface area contributed by atoms with Crippen LogP contribution in [-0.4, -0.2) is 31.2 Å². The molecule has 5 rings (SSSR count). The van der Waals surface area contributed by atoms with Gasteiger partial charge in [-0.2, -0.15) is 5.26 Å². The lowest BCUT2D eigenvalue weighted by Gasteiger charge is -2.16. The third kappa shape index (κ3) is 3.27. The highest BCUT2D eigenvalue weighted by atomic mass is 32.1. The van der Waals surface area contributed by atoms with Crippen LogP contribution in [0.3, 0.4) is 0 Å². The highest BCUT2D eigenvalue weighted by molar-refractivity contribution is 7.21. The molecule has 0 radical (unpaired) electrons. The summed E-state index contributed by atoms with van der Waals surface area (Å²) in [7, 11) is 3.30. The van der Waals surface area contributed by atoms with Crippen LogP contribution >= 0.6 is 11.3 Å². The van der Waals surface area contributed by atoms with Crippen LogP contribution < -0.4 is 10.4 Å². The third-order valence-electron chi connectivity index (χ3n) is 5.76. The van der Waals surface area contributed by atoms with Gasteiger partial charge in [0.2, 0.25) is 5.88 Å². The first-order chi connectivity index (χ1) is 15.8. The van der Waals surface area contributed by atoms with Gasteiger partial charge in [0.25, 0.3) is 0 Å². The molecule has 0 spiro atoms. The molecule has 164 valence electrons. The van der Waals surface area contributed by atoms with E-state index in [1.165, 1.54) is 11.3 Å². The molecule has 9 heteroatoms. The molecule has 0 aliphatic rings. The number of aromatic nitrogens is 5. The number of imidazole rings is 1. The molecule has 4 heterocycles. The average Bonchev–Trinajstić information content (AvgIpc) is 3.38. The minimum atomic E-state index is -0.615. The first kappa shape index (κ1) is 20.8. The van der Waals surface area contributed by atoms with Crippen LogP contribution in [0, 0.1) is 11.3 Å². The van der Waals surface area contributed by atoms with Crippen molar-refractivity contribution in [3.05, 3.63) is 64.8 Å². The predicted octanol–water partition coefficient (Wildman–Crippen LogP) is 4.21. The van der Waals surface area contributed by atoms with E-state index < -0.39 is 5.41 Å². The van der Waals surface area contributed by atoms with Gasteiger partial charge in [0.15, 0.2) is 0 Å². The molecule has 4 aromatic heterocycles. The Morgan fingerprint density at radius 1 is 1.09 bits per heavy atom. The number of ether oxygens (including phenoxy) is 1. The molecule has 0 amide bonds. The number of hydrogen-bond donors (Lipinski definition) is 0. The van der Waals surface area contributed by atoms with E-state index in [1.54, 1.807) is 41.8 Å². The molecule has 5 aromatic rings. The molecule has 0 bridgehead atoms. The van der Waals surface area contributed by atoms with E-state index in [-0.39, 0.29) is 5.69 Å². The van der Waals surface area contributed by atoms with Crippen LogP contribution in [0.2, 0.25) is 0 Å². The summed E-state index contributed by atoms with van der Waals surface area (Å²) in [4.78, 5) is 27.6. The standard InChI is InChI=1S/C24H20N6O2S/c1-24(2,13-25)15-6-8-16(9-7-15)30-20-17(29(3)23(30)31)12-27-22-19(20)28-21(33-22)14-5-10-18(32-4)26-11-14/h5-12H,1-4H3. The molecule has 8 nitrogen and oxygen atoms in total. The van der Waals surface area contributed by atoms with Gasteiger partial charge in [0, 0.05) is 24.9 Å². The maximum Gasteiger partial charge on any atom is 0.333 e. The number of thiazole rings is 1. The number of methoxy groups -OCH3 is 1. The van der Waals surface area contributed by atoms with Gasteiger partial charge in [-0.05, 0) is 37.6 Å². The van der Waals surface area contributed by atoms with Gasteiger partial charge in [0.1, 0.15) is 20.9 Å². The number of nitrogens with zero attached hydrogens (tertiary/aromatic N) is 6. The van der Waals surface area contributed by atoms with Crippen LogP contribution in [-0.2, 0) is 12.5 Å². The number of rotatable bonds is 4. The van der Waals surface area contributed by atoms with Crippen LogP contribution in [0.25, 0.3) is 37.6 Å². The second-order valence-electron chi connectivity index (χ2n) is 8.21. The van der Waals surface area contributed by atoms with Crippen molar-refractivity contribution in [2.75, 3.05) is 7.11 Å². The smallest absolute Gasteiger partial charge is 0.333 e. The van der Waals surface area contributed by atoms with E-state index in [9.17, 15) is 10.1 Å². The summed E-state index contributed by atoms with van der Waals surface area (Å²) in [6.45, 7) is 3.73. The Morgan fingerprint density at radius 2 is 1.85 bits per heavy atom. The van der Waals surface area contributed by atoms with Crippen LogP contribution in [0.1, 0.15) is 19.4 Å². The van der Waals surface area contributed by atoms with Gasteiger partial charge >= 0.3 is 5.69 Å². The van der Waals surface area contributed by atoms with Crippen molar-refractivity contribution >= 4 is 32.7 Å². The molecule has 0 fully saturated rings. The first-order valence-electron chi connectivity index (χ1n) is 10.2. The second kappa shape index (κ2) is 7.53. The van der Waals surface area contributed by atoms with E-state index in [0.29, 0.717) is 28.1 Å². The lowest BCUT2D eigenvalue weighted by molar-refractivity contribution is 0.398. The molecule has 0 aliphatic carbocycles. The van der Waals surface area contributed by atoms with E-state index in [1.807, 2.05) is 44.2 Å². The molecule has 0 saturated carbocycles. The van der Waals surface area contributed by atoms with Crippen LogP contribution in [0.15, 0.2) is 53.6 Å². The molecule has 0 atom stereocenters. The fourth-order valence-corrected chi connectivity index (χ4v) is 4.66. The lowest BCUT2D eigenvalue weighted by Crippen LogP contribution is -2.21. The molecule has 0 aliphatic heterocycles. The van der Waals surface area contributed by atoms with Gasteiger partial charge < -0.3 is 4.74 Å². The van der Waals surface area contributed by atoms with E-state index in [2.05, 4.69) is 16.0 Å². The molecule has 0 N–H and O–H groups in total. The average molecular weight is 457 g/mol. The predicted molar refractivity (Wildman–Crippen MR) is 128 cm³/mol. The van der Waals surface area contributed by atoms with Crippen molar-refractivity contribution in [3.8, 4) is 28.2 Å². The highest BCUT2D eigenvalue weighted by Gasteiger charge is 2.22. The Bertz CT molecular complexity index is 1600. The Kier molecular flexibility index (Phi) is 4.76. The van der Waals surface area contributed by atoms with Gasteiger partial charge in [-0.1, -0.05) is 23.5 Å². The largest absolute Gasteiger partial charge is 0.481 e. The Morgan fingerprint density at radius 3 is 2.48 bits per heavy atom. The molecule has 1 aromatic carbocycles. The molecule has 33 heavy (non-hydrogen) atoms. The fraction of sp³-hybridized carbons (Fsp3) is 0.208. The van der Waals surface area contributed by atoms with Crippen molar-refractivity contribution in [1.29, 1.82) is 5.26 Å². The zero-order valence-electron chi connectivity index (χ0n) is 18.5. The van der Waals surface area contributed by atoms with Crippen molar-refractivity contribution in [3.63, 3.8) is 0 Å². The number of benzene rings is 1. The van der Waals surface area contributed by atoms with E-state index >= 15 is 0 Å². The van der Waals surface area contributed by atoms with Crippen LogP contribution in [0.5, 0.6) is 5.88 Å². The van der Waals surface area contributed by atoms with Crippen molar-refractivity contribution < 1.29 is 4.74 Å².